The highest BCUT2D eigenvalue weighted by Gasteiger charge is 2.21. The van der Waals surface area contributed by atoms with Crippen molar-refractivity contribution in [3.05, 3.63) is 78.0 Å². The van der Waals surface area contributed by atoms with Crippen molar-refractivity contribution < 1.29 is 4.79 Å². The molecule has 4 aromatic rings. The topological polar surface area (TPSA) is 116 Å². The highest BCUT2D eigenvalue weighted by molar-refractivity contribution is 6.04. The molecule has 0 atom stereocenters. The van der Waals surface area contributed by atoms with Gasteiger partial charge in [0.05, 0.1) is 52.8 Å². The van der Waals surface area contributed by atoms with Crippen molar-refractivity contribution in [3.8, 4) is 23.0 Å². The summed E-state index contributed by atoms with van der Waals surface area (Å²) in [6.07, 6.45) is 7.15. The Morgan fingerprint density at radius 3 is 2.65 bits per heavy atom. The van der Waals surface area contributed by atoms with Crippen LogP contribution in [0.5, 0.6) is 0 Å². The smallest absolute Gasteiger partial charge is 0.255 e. The van der Waals surface area contributed by atoms with Gasteiger partial charge >= 0.3 is 0 Å². The third-order valence-corrected chi connectivity index (χ3v) is 7.39. The van der Waals surface area contributed by atoms with Crippen LogP contribution in [0.25, 0.3) is 16.9 Å². The fourth-order valence-corrected chi connectivity index (χ4v) is 4.72. The summed E-state index contributed by atoms with van der Waals surface area (Å²) in [6, 6.07) is 13.3. The van der Waals surface area contributed by atoms with Crippen molar-refractivity contribution in [3.63, 3.8) is 0 Å². The summed E-state index contributed by atoms with van der Waals surface area (Å²) in [7, 11) is 0. The molecule has 0 spiro atoms. The Morgan fingerprint density at radius 2 is 1.90 bits per heavy atom. The Balaban J connectivity index is 1.34. The molecule has 0 aliphatic carbocycles. The minimum Gasteiger partial charge on any atom is -0.368 e. The standard InChI is InChI=1S/C30H33N9O/c1-5-37-9-11-38(12-10-37)26-14-23(16-32-18-26)27-19-39(36-35-27)28-15-25(17-33-21(28)2)34-29(40)22-7-6-8-24(13-22)30(3,4)20-31/h6-8,13-19H,5,9-12H2,1-4H3,(H,34,40). The van der Waals surface area contributed by atoms with Crippen molar-refractivity contribution in [2.45, 2.75) is 33.1 Å². The van der Waals surface area contributed by atoms with Crippen LogP contribution in [0.2, 0.25) is 0 Å². The SMILES string of the molecule is CCN1CCN(c2cncc(-c3cn(-c4cc(NC(=O)c5cccc(C(C)(C)C#N)c5)cnc4C)nn3)c2)CC1. The van der Waals surface area contributed by atoms with Crippen LogP contribution in [0.3, 0.4) is 0 Å². The first-order valence-electron chi connectivity index (χ1n) is 13.4. The summed E-state index contributed by atoms with van der Waals surface area (Å²) in [5, 5.41) is 21.1. The molecule has 3 aromatic heterocycles. The lowest BCUT2D eigenvalue weighted by molar-refractivity contribution is 0.102. The molecule has 0 saturated carbocycles. The molecule has 1 aliphatic rings. The molecule has 1 N–H and O–H groups in total. The van der Waals surface area contributed by atoms with E-state index in [1.54, 1.807) is 35.3 Å². The molecular weight excluding hydrogens is 502 g/mol. The van der Waals surface area contributed by atoms with Crippen LogP contribution in [0, 0.1) is 18.3 Å². The van der Waals surface area contributed by atoms with Gasteiger partial charge in [-0.2, -0.15) is 5.26 Å². The van der Waals surface area contributed by atoms with Crippen LogP contribution in [0.4, 0.5) is 11.4 Å². The number of nitrogens with one attached hydrogen (secondary N) is 1. The maximum absolute atomic E-state index is 13.0. The predicted octanol–water partition coefficient (Wildman–Crippen LogP) is 4.23. The van der Waals surface area contributed by atoms with E-state index in [1.165, 1.54) is 0 Å². The number of rotatable bonds is 7. The minimum absolute atomic E-state index is 0.283. The predicted molar refractivity (Wildman–Crippen MR) is 154 cm³/mol. The van der Waals surface area contributed by atoms with Gasteiger partial charge in [-0.3, -0.25) is 14.8 Å². The molecule has 4 heterocycles. The summed E-state index contributed by atoms with van der Waals surface area (Å²) in [6.45, 7) is 12.8. The van der Waals surface area contributed by atoms with Gasteiger partial charge in [-0.1, -0.05) is 24.3 Å². The molecule has 0 radical (unpaired) electrons. The molecule has 1 saturated heterocycles. The van der Waals surface area contributed by atoms with E-state index in [-0.39, 0.29) is 5.91 Å². The number of anilines is 2. The summed E-state index contributed by atoms with van der Waals surface area (Å²) in [4.78, 5) is 26.8. The van der Waals surface area contributed by atoms with E-state index in [0.717, 1.165) is 55.2 Å². The number of nitrogens with zero attached hydrogens (tertiary/aromatic N) is 8. The fourth-order valence-electron chi connectivity index (χ4n) is 4.72. The molecule has 5 rings (SSSR count). The van der Waals surface area contributed by atoms with Crippen LogP contribution in [0.1, 0.15) is 42.4 Å². The quantitative estimate of drug-likeness (QED) is 0.374. The summed E-state index contributed by atoms with van der Waals surface area (Å²) in [5.74, 6) is -0.283. The number of amides is 1. The number of piperazine rings is 1. The summed E-state index contributed by atoms with van der Waals surface area (Å²) in [5.41, 5.74) is 5.19. The minimum atomic E-state index is -0.696. The van der Waals surface area contributed by atoms with E-state index in [2.05, 4.69) is 54.5 Å². The second-order valence-corrected chi connectivity index (χ2v) is 10.5. The van der Waals surface area contributed by atoms with Gasteiger partial charge in [0.2, 0.25) is 0 Å². The van der Waals surface area contributed by atoms with Crippen LogP contribution in [-0.2, 0) is 5.41 Å². The zero-order valence-electron chi connectivity index (χ0n) is 23.3. The van der Waals surface area contributed by atoms with Crippen LogP contribution in [-0.4, -0.2) is 68.5 Å². The third-order valence-electron chi connectivity index (χ3n) is 7.39. The molecule has 204 valence electrons. The van der Waals surface area contributed by atoms with Crippen LogP contribution < -0.4 is 10.2 Å². The molecule has 10 nitrogen and oxygen atoms in total. The zero-order chi connectivity index (χ0) is 28.3. The molecule has 1 fully saturated rings. The Labute approximate surface area is 234 Å². The normalized spacial score (nSPS) is 14.1. The Morgan fingerprint density at radius 1 is 1.10 bits per heavy atom. The number of aromatic nitrogens is 5. The second kappa shape index (κ2) is 11.2. The molecule has 1 aliphatic heterocycles. The number of carbonyl (C=O) groups excluding carboxylic acids is 1. The van der Waals surface area contributed by atoms with Gasteiger partial charge in [0.25, 0.3) is 5.91 Å². The molecule has 0 bridgehead atoms. The number of nitriles is 1. The highest BCUT2D eigenvalue weighted by Crippen LogP contribution is 2.26. The maximum atomic E-state index is 13.0. The van der Waals surface area contributed by atoms with Gasteiger partial charge in [-0.05, 0) is 57.1 Å². The summed E-state index contributed by atoms with van der Waals surface area (Å²) >= 11 is 0. The Hall–Kier alpha value is -4.62. The van der Waals surface area contributed by atoms with Crippen LogP contribution in [0.15, 0.2) is 61.2 Å². The number of benzene rings is 1. The Bertz CT molecular complexity index is 1560. The van der Waals surface area contributed by atoms with Gasteiger partial charge in [-0.15, -0.1) is 5.10 Å². The lowest BCUT2D eigenvalue weighted by Gasteiger charge is -2.35. The number of hydrogen-bond acceptors (Lipinski definition) is 8. The molecule has 1 amide bonds. The van der Waals surface area contributed by atoms with Gasteiger partial charge in [-0.25, -0.2) is 4.68 Å². The average molecular weight is 536 g/mol. The van der Waals surface area contributed by atoms with E-state index >= 15 is 0 Å². The molecule has 40 heavy (non-hydrogen) atoms. The van der Waals surface area contributed by atoms with Crippen molar-refractivity contribution in [2.24, 2.45) is 0 Å². The highest BCUT2D eigenvalue weighted by atomic mass is 16.1. The number of likely N-dealkylation sites (N-methyl/N-ethyl adjacent to an activating group) is 1. The molecule has 10 heteroatoms. The molecule has 0 unspecified atom stereocenters. The first-order valence-corrected chi connectivity index (χ1v) is 13.4. The zero-order valence-corrected chi connectivity index (χ0v) is 23.3. The molecular formula is C30H33N9O. The third kappa shape index (κ3) is 5.70. The first-order chi connectivity index (χ1) is 19.3. The van der Waals surface area contributed by atoms with Crippen molar-refractivity contribution in [1.82, 2.24) is 29.9 Å². The largest absolute Gasteiger partial charge is 0.368 e. The van der Waals surface area contributed by atoms with E-state index in [9.17, 15) is 10.1 Å². The Kier molecular flexibility index (Phi) is 7.58. The lowest BCUT2D eigenvalue weighted by atomic mass is 9.85. The first kappa shape index (κ1) is 27.0. The van der Waals surface area contributed by atoms with Gasteiger partial charge < -0.3 is 15.1 Å². The van der Waals surface area contributed by atoms with Crippen molar-refractivity contribution >= 4 is 17.3 Å². The summed E-state index contributed by atoms with van der Waals surface area (Å²) < 4.78 is 1.66. The number of pyridine rings is 2. The fraction of sp³-hybridized carbons (Fsp3) is 0.333. The maximum Gasteiger partial charge on any atom is 0.255 e. The van der Waals surface area contributed by atoms with E-state index in [1.807, 2.05) is 45.3 Å². The van der Waals surface area contributed by atoms with E-state index in [0.29, 0.717) is 22.6 Å². The van der Waals surface area contributed by atoms with Gasteiger partial charge in [0.15, 0.2) is 0 Å². The van der Waals surface area contributed by atoms with Crippen molar-refractivity contribution in [2.75, 3.05) is 42.9 Å². The van der Waals surface area contributed by atoms with E-state index in [4.69, 9.17) is 0 Å². The van der Waals surface area contributed by atoms with Crippen molar-refractivity contribution in [1.29, 1.82) is 5.26 Å². The molecule has 1 aromatic carbocycles. The monoisotopic (exact) mass is 535 g/mol. The number of hydrogen-bond donors (Lipinski definition) is 1. The van der Waals surface area contributed by atoms with Gasteiger partial charge in [0.1, 0.15) is 5.69 Å². The number of carbonyl (C=O) groups is 1. The van der Waals surface area contributed by atoms with Crippen LogP contribution >= 0.6 is 0 Å². The average Bonchev–Trinajstić information content (AvgIpc) is 3.48. The van der Waals surface area contributed by atoms with Gasteiger partial charge in [0, 0.05) is 43.5 Å². The lowest BCUT2D eigenvalue weighted by Crippen LogP contribution is -2.46. The van der Waals surface area contributed by atoms with E-state index < -0.39 is 5.41 Å². The number of aryl methyl sites for hydroxylation is 1. The second-order valence-electron chi connectivity index (χ2n) is 10.5.